The Morgan fingerprint density at radius 3 is 2.38 bits per heavy atom. The van der Waals surface area contributed by atoms with Gasteiger partial charge in [-0.2, -0.15) is 0 Å². The molecule has 1 N–H and O–H groups in total. The molecule has 2 heterocycles. The van der Waals surface area contributed by atoms with Crippen molar-refractivity contribution < 1.29 is 0 Å². The summed E-state index contributed by atoms with van der Waals surface area (Å²) in [4.78, 5) is 18.6. The van der Waals surface area contributed by atoms with E-state index in [9.17, 15) is 4.79 Å². The lowest BCUT2D eigenvalue weighted by Gasteiger charge is -2.08. The highest BCUT2D eigenvalue weighted by Crippen LogP contribution is 2.31. The summed E-state index contributed by atoms with van der Waals surface area (Å²) in [5.74, 6) is 0. The largest absolute Gasteiger partial charge is 0.323 e. The van der Waals surface area contributed by atoms with Gasteiger partial charge in [0.15, 0.2) is 4.77 Å². The van der Waals surface area contributed by atoms with E-state index in [2.05, 4.69) is 11.6 Å². The zero-order valence-electron chi connectivity index (χ0n) is 14.2. The first-order chi connectivity index (χ1) is 11.7. The van der Waals surface area contributed by atoms with Crippen LogP contribution in [0.1, 0.15) is 61.8 Å². The zero-order valence-corrected chi connectivity index (χ0v) is 15.9. The quantitative estimate of drug-likeness (QED) is 0.564. The maximum absolute atomic E-state index is 13.0. The summed E-state index contributed by atoms with van der Waals surface area (Å²) in [6.07, 6.45) is 14.2. The first kappa shape index (κ1) is 17.6. The number of H-pyrrole nitrogens is 1. The molecule has 0 spiro atoms. The Bertz CT molecular complexity index is 828. The minimum Gasteiger partial charge on any atom is -0.323 e. The number of nitrogens with one attached hydrogen (secondary N) is 1. The molecule has 0 aliphatic heterocycles. The van der Waals surface area contributed by atoms with Gasteiger partial charge in [-0.15, -0.1) is 17.9 Å². The Morgan fingerprint density at radius 2 is 1.71 bits per heavy atom. The number of fused-ring (bicyclic) bond motifs is 3. The topological polar surface area (TPSA) is 37.8 Å². The van der Waals surface area contributed by atoms with Gasteiger partial charge in [-0.05, 0) is 43.5 Å². The van der Waals surface area contributed by atoms with Crippen molar-refractivity contribution in [3.05, 3.63) is 38.2 Å². The summed E-state index contributed by atoms with van der Waals surface area (Å²) in [6.45, 7) is 4.21. The van der Waals surface area contributed by atoms with Crippen LogP contribution in [0, 0.1) is 4.77 Å². The van der Waals surface area contributed by atoms with Gasteiger partial charge < -0.3 is 4.98 Å². The third-order valence-corrected chi connectivity index (χ3v) is 6.44. The third kappa shape index (κ3) is 3.72. The molecule has 0 unspecified atom stereocenters. The summed E-state index contributed by atoms with van der Waals surface area (Å²) >= 11 is 7.12. The number of hydrogen-bond acceptors (Lipinski definition) is 3. The van der Waals surface area contributed by atoms with Crippen molar-refractivity contribution in [1.29, 1.82) is 0 Å². The Labute approximate surface area is 152 Å². The van der Waals surface area contributed by atoms with Crippen molar-refractivity contribution in [3.63, 3.8) is 0 Å². The standard InChI is InChI=1S/C19H26N2OS2/c1-2-13-21-18(22)16-14-11-9-7-5-3-4-6-8-10-12-15(14)24-17(16)20-19(21)23/h2H,1,3-13H2,(H,20,23). The molecule has 0 saturated heterocycles. The zero-order chi connectivity index (χ0) is 16.9. The molecule has 24 heavy (non-hydrogen) atoms. The fraction of sp³-hybridized carbons (Fsp3) is 0.579. The van der Waals surface area contributed by atoms with Gasteiger partial charge in [-0.1, -0.05) is 44.6 Å². The van der Waals surface area contributed by atoms with Crippen molar-refractivity contribution in [1.82, 2.24) is 9.55 Å². The Morgan fingerprint density at radius 1 is 1.08 bits per heavy atom. The second kappa shape index (κ2) is 8.26. The molecule has 130 valence electrons. The van der Waals surface area contributed by atoms with E-state index < -0.39 is 0 Å². The van der Waals surface area contributed by atoms with Crippen LogP contribution in [-0.2, 0) is 19.4 Å². The second-order valence-electron chi connectivity index (χ2n) is 6.67. The molecule has 0 saturated carbocycles. The number of nitrogens with zero attached hydrogens (tertiary/aromatic N) is 1. The van der Waals surface area contributed by atoms with E-state index in [-0.39, 0.29) is 5.56 Å². The lowest BCUT2D eigenvalue weighted by molar-refractivity contribution is 0.562. The molecule has 2 aromatic heterocycles. The van der Waals surface area contributed by atoms with E-state index >= 15 is 0 Å². The summed E-state index contributed by atoms with van der Waals surface area (Å²) in [5, 5.41) is 0.877. The molecule has 0 atom stereocenters. The number of allylic oxidation sites excluding steroid dienone is 1. The van der Waals surface area contributed by atoms with Crippen LogP contribution in [0.25, 0.3) is 10.2 Å². The minimum absolute atomic E-state index is 0.0539. The minimum atomic E-state index is 0.0539. The molecule has 3 nitrogen and oxygen atoms in total. The van der Waals surface area contributed by atoms with Crippen LogP contribution in [-0.4, -0.2) is 9.55 Å². The van der Waals surface area contributed by atoms with Gasteiger partial charge in [-0.25, -0.2) is 0 Å². The maximum atomic E-state index is 13.0. The van der Waals surface area contributed by atoms with Gasteiger partial charge in [0.05, 0.1) is 5.39 Å². The van der Waals surface area contributed by atoms with E-state index in [0.29, 0.717) is 11.3 Å². The maximum Gasteiger partial charge on any atom is 0.263 e. The molecule has 2 aromatic rings. The van der Waals surface area contributed by atoms with Crippen molar-refractivity contribution >= 4 is 33.8 Å². The molecule has 0 radical (unpaired) electrons. The van der Waals surface area contributed by atoms with Crippen LogP contribution in [0.4, 0.5) is 0 Å². The van der Waals surface area contributed by atoms with E-state index in [1.165, 1.54) is 61.8 Å². The number of hydrogen-bond donors (Lipinski definition) is 1. The highest BCUT2D eigenvalue weighted by molar-refractivity contribution is 7.71. The monoisotopic (exact) mass is 362 g/mol. The third-order valence-electron chi connectivity index (χ3n) is 4.91. The number of thiophene rings is 1. The summed E-state index contributed by atoms with van der Waals surface area (Å²) in [6, 6.07) is 0. The van der Waals surface area contributed by atoms with Gasteiger partial charge in [0.1, 0.15) is 4.83 Å². The van der Waals surface area contributed by atoms with Crippen LogP contribution in [0.5, 0.6) is 0 Å². The summed E-state index contributed by atoms with van der Waals surface area (Å²) < 4.78 is 2.14. The number of rotatable bonds is 2. The van der Waals surface area contributed by atoms with Gasteiger partial charge in [0, 0.05) is 11.4 Å². The highest BCUT2D eigenvalue weighted by atomic mass is 32.1. The average Bonchev–Trinajstić information content (AvgIpc) is 2.89. The smallest absolute Gasteiger partial charge is 0.263 e. The predicted octanol–water partition coefficient (Wildman–Crippen LogP) is 5.53. The van der Waals surface area contributed by atoms with Crippen LogP contribution in [0.2, 0.25) is 0 Å². The van der Waals surface area contributed by atoms with Crippen LogP contribution < -0.4 is 5.56 Å². The van der Waals surface area contributed by atoms with Gasteiger partial charge in [-0.3, -0.25) is 9.36 Å². The van der Waals surface area contributed by atoms with Gasteiger partial charge >= 0.3 is 0 Å². The Hall–Kier alpha value is -1.20. The van der Waals surface area contributed by atoms with Gasteiger partial charge in [0.2, 0.25) is 0 Å². The molecule has 0 bridgehead atoms. The lowest BCUT2D eigenvalue weighted by atomic mass is 9.99. The van der Waals surface area contributed by atoms with E-state index in [1.807, 2.05) is 0 Å². The SMILES string of the molecule is C=CCn1c(=S)[nH]c2sc3c(c2c1=O)CCCCCCCCCC3. The molecule has 0 aromatic carbocycles. The molecule has 1 aliphatic rings. The van der Waals surface area contributed by atoms with Crippen molar-refractivity contribution in [2.75, 3.05) is 0 Å². The van der Waals surface area contributed by atoms with Crippen molar-refractivity contribution in [3.8, 4) is 0 Å². The number of aromatic amines is 1. The van der Waals surface area contributed by atoms with Crippen molar-refractivity contribution in [2.45, 2.75) is 70.8 Å². The first-order valence-electron chi connectivity index (χ1n) is 9.10. The first-order valence-corrected chi connectivity index (χ1v) is 10.3. The fourth-order valence-corrected chi connectivity index (χ4v) is 5.23. The number of aromatic nitrogens is 2. The molecule has 3 rings (SSSR count). The molecular formula is C19H26N2OS2. The summed E-state index contributed by atoms with van der Waals surface area (Å²) in [7, 11) is 0. The Kier molecular flexibility index (Phi) is 6.06. The molecule has 5 heteroatoms. The Balaban J connectivity index is 2.07. The van der Waals surface area contributed by atoms with Crippen LogP contribution in [0.3, 0.4) is 0 Å². The fourth-order valence-electron chi connectivity index (χ4n) is 3.63. The van der Waals surface area contributed by atoms with E-state index in [0.717, 1.165) is 23.1 Å². The van der Waals surface area contributed by atoms with Crippen molar-refractivity contribution in [2.24, 2.45) is 0 Å². The molecule has 0 amide bonds. The van der Waals surface area contributed by atoms with Crippen LogP contribution in [0.15, 0.2) is 17.4 Å². The summed E-state index contributed by atoms with van der Waals surface area (Å²) in [5.41, 5.74) is 1.34. The normalized spacial score (nSPS) is 17.0. The molecular weight excluding hydrogens is 336 g/mol. The molecule has 1 aliphatic carbocycles. The highest BCUT2D eigenvalue weighted by Gasteiger charge is 2.17. The van der Waals surface area contributed by atoms with Gasteiger partial charge in [0.25, 0.3) is 5.56 Å². The predicted molar refractivity (Wildman–Crippen MR) is 106 cm³/mol. The average molecular weight is 363 g/mol. The lowest BCUT2D eigenvalue weighted by Crippen LogP contribution is -2.21. The van der Waals surface area contributed by atoms with E-state index in [1.54, 1.807) is 22.0 Å². The van der Waals surface area contributed by atoms with E-state index in [4.69, 9.17) is 12.2 Å². The van der Waals surface area contributed by atoms with Crippen LogP contribution >= 0.6 is 23.6 Å². The molecule has 0 fully saturated rings. The second-order valence-corrected chi connectivity index (χ2v) is 8.16. The number of aryl methyl sites for hydroxylation is 2.